The average molecular weight is 201 g/mol. The van der Waals surface area contributed by atoms with Gasteiger partial charge in [-0.15, -0.1) is 0 Å². The first-order valence-corrected chi connectivity index (χ1v) is 4.24. The maximum Gasteiger partial charge on any atom is 0.0957 e. The van der Waals surface area contributed by atoms with Crippen molar-refractivity contribution in [3.8, 4) is 0 Å². The maximum atomic E-state index is 12.3. The Labute approximate surface area is 81.5 Å². The first-order chi connectivity index (χ1) is 6.09. The fourth-order valence-electron chi connectivity index (χ4n) is 1.01. The molecule has 3 heteroatoms. The summed E-state index contributed by atoms with van der Waals surface area (Å²) in [7, 11) is 0. The zero-order chi connectivity index (χ0) is 9.84. The van der Waals surface area contributed by atoms with Gasteiger partial charge in [-0.3, -0.25) is 0 Å². The molecular weight excluding hydrogens is 191 g/mol. The van der Waals surface area contributed by atoms with E-state index < -0.39 is 11.9 Å². The summed E-state index contributed by atoms with van der Waals surface area (Å²) < 4.78 is 12.3. The molecule has 0 fully saturated rings. The molecule has 1 aromatic carbocycles. The summed E-state index contributed by atoms with van der Waals surface area (Å²) in [6.07, 6.45) is -0.906. The molecule has 13 heavy (non-hydrogen) atoms. The van der Waals surface area contributed by atoms with Crippen LogP contribution in [0.5, 0.6) is 0 Å². The Hall–Kier alpha value is -0.860. The molecule has 1 N–H and O–H groups in total. The van der Waals surface area contributed by atoms with Gasteiger partial charge in [0, 0.05) is 11.4 Å². The van der Waals surface area contributed by atoms with Crippen LogP contribution in [-0.4, -0.2) is 5.11 Å². The Morgan fingerprint density at radius 2 is 2.00 bits per heavy atom. The van der Waals surface area contributed by atoms with Crippen molar-refractivity contribution in [1.82, 2.24) is 0 Å². The molecule has 1 aromatic rings. The van der Waals surface area contributed by atoms with Gasteiger partial charge < -0.3 is 5.11 Å². The van der Waals surface area contributed by atoms with Gasteiger partial charge in [0.15, 0.2) is 0 Å². The molecule has 0 heterocycles. The van der Waals surface area contributed by atoms with Gasteiger partial charge >= 0.3 is 0 Å². The molecule has 70 valence electrons. The lowest BCUT2D eigenvalue weighted by atomic mass is 10.1. The van der Waals surface area contributed by atoms with Gasteiger partial charge in [-0.2, -0.15) is 0 Å². The first-order valence-electron chi connectivity index (χ1n) is 3.86. The van der Waals surface area contributed by atoms with Crippen molar-refractivity contribution in [2.24, 2.45) is 0 Å². The minimum absolute atomic E-state index is 0.0678. The fourth-order valence-corrected chi connectivity index (χ4v) is 1.14. The van der Waals surface area contributed by atoms with E-state index in [1.54, 1.807) is 24.3 Å². The third kappa shape index (κ3) is 3.17. The monoisotopic (exact) mass is 200 g/mol. The number of aliphatic hydroxyl groups is 1. The third-order valence-corrected chi connectivity index (χ3v) is 1.92. The highest BCUT2D eigenvalue weighted by Crippen LogP contribution is 2.21. The highest BCUT2D eigenvalue weighted by molar-refractivity contribution is 6.30. The quantitative estimate of drug-likeness (QED) is 0.794. The minimum Gasteiger partial charge on any atom is -0.388 e. The van der Waals surface area contributed by atoms with E-state index in [2.05, 4.69) is 6.58 Å². The summed E-state index contributed by atoms with van der Waals surface area (Å²) >= 11 is 5.65. The second-order valence-corrected chi connectivity index (χ2v) is 3.23. The summed E-state index contributed by atoms with van der Waals surface area (Å²) in [6, 6.07) is 6.63. The predicted octanol–water partition coefficient (Wildman–Crippen LogP) is 3.25. The van der Waals surface area contributed by atoms with E-state index in [-0.39, 0.29) is 6.42 Å². The molecule has 1 atom stereocenters. The molecule has 0 saturated carbocycles. The van der Waals surface area contributed by atoms with E-state index in [1.165, 1.54) is 0 Å². The number of rotatable bonds is 3. The first kappa shape index (κ1) is 10.2. The van der Waals surface area contributed by atoms with Gasteiger partial charge in [0.25, 0.3) is 0 Å². The molecule has 0 aromatic heterocycles. The van der Waals surface area contributed by atoms with Crippen molar-refractivity contribution >= 4 is 11.6 Å². The van der Waals surface area contributed by atoms with Crippen LogP contribution in [-0.2, 0) is 0 Å². The summed E-state index contributed by atoms with van der Waals surface area (Å²) in [6.45, 7) is 3.09. The summed E-state index contributed by atoms with van der Waals surface area (Å²) in [4.78, 5) is 0. The van der Waals surface area contributed by atoms with Crippen molar-refractivity contribution in [2.75, 3.05) is 0 Å². The molecule has 1 unspecified atom stereocenters. The van der Waals surface area contributed by atoms with Crippen molar-refractivity contribution in [3.05, 3.63) is 47.3 Å². The van der Waals surface area contributed by atoms with Crippen LogP contribution in [0.25, 0.3) is 0 Å². The Bertz CT molecular complexity index is 294. The molecular formula is C10H10ClFO. The lowest BCUT2D eigenvalue weighted by Crippen LogP contribution is -1.96. The van der Waals surface area contributed by atoms with Crippen molar-refractivity contribution in [2.45, 2.75) is 12.5 Å². The van der Waals surface area contributed by atoms with Crippen LogP contribution in [0.2, 0.25) is 5.02 Å². The van der Waals surface area contributed by atoms with Gasteiger partial charge in [-0.25, -0.2) is 4.39 Å². The third-order valence-electron chi connectivity index (χ3n) is 1.67. The maximum absolute atomic E-state index is 12.3. The van der Waals surface area contributed by atoms with Crippen LogP contribution in [0, 0.1) is 0 Å². The topological polar surface area (TPSA) is 20.2 Å². The molecule has 0 saturated heterocycles. The van der Waals surface area contributed by atoms with E-state index in [9.17, 15) is 9.50 Å². The number of hydrogen-bond donors (Lipinski definition) is 1. The van der Waals surface area contributed by atoms with E-state index in [1.807, 2.05) is 0 Å². The molecule has 1 rings (SSSR count). The number of benzene rings is 1. The van der Waals surface area contributed by atoms with Crippen molar-refractivity contribution in [3.63, 3.8) is 0 Å². The van der Waals surface area contributed by atoms with Crippen LogP contribution in [0.4, 0.5) is 4.39 Å². The van der Waals surface area contributed by atoms with Gasteiger partial charge in [0.05, 0.1) is 11.9 Å². The van der Waals surface area contributed by atoms with Crippen LogP contribution in [0.1, 0.15) is 18.1 Å². The predicted molar refractivity (Wildman–Crippen MR) is 51.3 cm³/mol. The molecule has 1 nitrogen and oxygen atoms in total. The van der Waals surface area contributed by atoms with Gasteiger partial charge in [-0.1, -0.05) is 30.3 Å². The molecule has 0 aliphatic rings. The molecule has 0 amide bonds. The van der Waals surface area contributed by atoms with Crippen LogP contribution < -0.4 is 0 Å². The Morgan fingerprint density at radius 3 is 2.46 bits per heavy atom. The van der Waals surface area contributed by atoms with Crippen molar-refractivity contribution in [1.29, 1.82) is 0 Å². The number of aliphatic hydroxyl groups excluding tert-OH is 1. The van der Waals surface area contributed by atoms with Crippen LogP contribution in [0.3, 0.4) is 0 Å². The van der Waals surface area contributed by atoms with Gasteiger partial charge in [0.2, 0.25) is 0 Å². The molecule has 0 aliphatic heterocycles. The van der Waals surface area contributed by atoms with Crippen LogP contribution >= 0.6 is 11.6 Å². The summed E-state index contributed by atoms with van der Waals surface area (Å²) in [5, 5.41) is 10.0. The zero-order valence-electron chi connectivity index (χ0n) is 7.00. The Kier molecular flexibility index (Phi) is 3.46. The summed E-state index contributed by atoms with van der Waals surface area (Å²) in [5.74, 6) is -0.526. The van der Waals surface area contributed by atoms with E-state index in [4.69, 9.17) is 11.6 Å². The molecule has 0 radical (unpaired) electrons. The lowest BCUT2D eigenvalue weighted by Gasteiger charge is -2.08. The zero-order valence-corrected chi connectivity index (χ0v) is 7.76. The fraction of sp³-hybridized carbons (Fsp3) is 0.200. The number of halogens is 2. The second kappa shape index (κ2) is 4.40. The van der Waals surface area contributed by atoms with E-state index >= 15 is 0 Å². The van der Waals surface area contributed by atoms with Gasteiger partial charge in [-0.05, 0) is 17.7 Å². The van der Waals surface area contributed by atoms with E-state index in [0.29, 0.717) is 10.6 Å². The Balaban J connectivity index is 2.71. The van der Waals surface area contributed by atoms with Crippen LogP contribution in [0.15, 0.2) is 36.7 Å². The standard InChI is InChI=1S/C10H10ClFO/c1-7(12)6-10(13)8-2-4-9(11)5-3-8/h2-5,10,13H,1,6H2. The SMILES string of the molecule is C=C(F)CC(O)c1ccc(Cl)cc1. The van der Waals surface area contributed by atoms with Crippen molar-refractivity contribution < 1.29 is 9.50 Å². The molecule has 0 bridgehead atoms. The highest BCUT2D eigenvalue weighted by Gasteiger charge is 2.08. The van der Waals surface area contributed by atoms with E-state index in [0.717, 1.165) is 0 Å². The number of hydrogen-bond acceptors (Lipinski definition) is 1. The molecule has 0 spiro atoms. The smallest absolute Gasteiger partial charge is 0.0957 e. The minimum atomic E-state index is -0.838. The second-order valence-electron chi connectivity index (χ2n) is 2.79. The summed E-state index contributed by atoms with van der Waals surface area (Å²) in [5.41, 5.74) is 0.642. The molecule has 0 aliphatic carbocycles. The largest absolute Gasteiger partial charge is 0.388 e. The highest BCUT2D eigenvalue weighted by atomic mass is 35.5. The average Bonchev–Trinajstić information content (AvgIpc) is 2.04. The Morgan fingerprint density at radius 1 is 1.46 bits per heavy atom. The normalized spacial score (nSPS) is 12.5. The lowest BCUT2D eigenvalue weighted by molar-refractivity contribution is 0.171. The van der Waals surface area contributed by atoms with Gasteiger partial charge in [0.1, 0.15) is 0 Å².